The Morgan fingerprint density at radius 1 is 1.29 bits per heavy atom. The van der Waals surface area contributed by atoms with E-state index in [-0.39, 0.29) is 5.56 Å². The molecule has 1 aromatic carbocycles. The highest BCUT2D eigenvalue weighted by molar-refractivity contribution is 5.88. The van der Waals surface area contributed by atoms with Crippen LogP contribution in [0.4, 0.5) is 0 Å². The van der Waals surface area contributed by atoms with Gasteiger partial charge in [-0.25, -0.2) is 9.59 Å². The third kappa shape index (κ3) is 2.39. The molecule has 0 saturated carbocycles. The van der Waals surface area contributed by atoms with E-state index in [0.717, 1.165) is 0 Å². The molecular formula is C12H10N2O3. The summed E-state index contributed by atoms with van der Waals surface area (Å²) in [5.74, 6) is -0.980. The summed E-state index contributed by atoms with van der Waals surface area (Å²) in [6, 6.07) is 7.96. The second-order valence-corrected chi connectivity index (χ2v) is 3.64. The van der Waals surface area contributed by atoms with E-state index < -0.39 is 11.7 Å². The lowest BCUT2D eigenvalue weighted by molar-refractivity contribution is 0.0697. The first-order chi connectivity index (χ1) is 8.06. The standard InChI is InChI=1S/C12H10N2O3/c1-7-6-10(14-12(17)13-7)8-2-4-9(5-3-8)11(15)16/h2-6H,1H3,(H,15,16)(H,13,14,17). The Balaban J connectivity index is 2.46. The van der Waals surface area contributed by atoms with Crippen molar-refractivity contribution in [2.75, 3.05) is 0 Å². The first-order valence-corrected chi connectivity index (χ1v) is 4.98. The van der Waals surface area contributed by atoms with Crippen molar-refractivity contribution in [2.45, 2.75) is 6.92 Å². The largest absolute Gasteiger partial charge is 0.478 e. The first-order valence-electron chi connectivity index (χ1n) is 4.98. The number of nitrogens with zero attached hydrogens (tertiary/aromatic N) is 1. The van der Waals surface area contributed by atoms with Gasteiger partial charge in [0.15, 0.2) is 0 Å². The number of carboxylic acid groups (broad SMARTS) is 1. The van der Waals surface area contributed by atoms with Gasteiger partial charge in [-0.2, -0.15) is 4.98 Å². The van der Waals surface area contributed by atoms with Gasteiger partial charge in [0.05, 0.1) is 11.3 Å². The number of carboxylic acids is 1. The maximum Gasteiger partial charge on any atom is 0.345 e. The van der Waals surface area contributed by atoms with Gasteiger partial charge in [0.1, 0.15) is 0 Å². The zero-order valence-electron chi connectivity index (χ0n) is 9.10. The van der Waals surface area contributed by atoms with Gasteiger partial charge in [0, 0.05) is 11.3 Å². The summed E-state index contributed by atoms with van der Waals surface area (Å²) >= 11 is 0. The summed E-state index contributed by atoms with van der Waals surface area (Å²) in [5.41, 5.74) is 1.74. The average molecular weight is 230 g/mol. The smallest absolute Gasteiger partial charge is 0.345 e. The summed E-state index contributed by atoms with van der Waals surface area (Å²) in [6.07, 6.45) is 0. The lowest BCUT2D eigenvalue weighted by atomic mass is 10.1. The van der Waals surface area contributed by atoms with Gasteiger partial charge >= 0.3 is 11.7 Å². The number of carbonyl (C=O) groups is 1. The number of benzene rings is 1. The fourth-order valence-corrected chi connectivity index (χ4v) is 1.51. The maximum absolute atomic E-state index is 11.2. The predicted octanol–water partition coefficient (Wildman–Crippen LogP) is 1.44. The topological polar surface area (TPSA) is 83.0 Å². The van der Waals surface area contributed by atoms with Crippen LogP contribution in [0.5, 0.6) is 0 Å². The second-order valence-electron chi connectivity index (χ2n) is 3.64. The number of nitrogens with one attached hydrogen (secondary N) is 1. The third-order valence-electron chi connectivity index (χ3n) is 2.31. The highest BCUT2D eigenvalue weighted by Gasteiger charge is 2.05. The Hall–Kier alpha value is -2.43. The molecule has 2 N–H and O–H groups in total. The fourth-order valence-electron chi connectivity index (χ4n) is 1.51. The molecule has 2 rings (SSSR count). The minimum atomic E-state index is -0.980. The second kappa shape index (κ2) is 4.21. The molecule has 0 radical (unpaired) electrons. The number of H-pyrrole nitrogens is 1. The van der Waals surface area contributed by atoms with E-state index in [1.54, 1.807) is 25.1 Å². The monoisotopic (exact) mass is 230 g/mol. The molecule has 1 aromatic heterocycles. The van der Waals surface area contributed by atoms with Crippen molar-refractivity contribution in [1.29, 1.82) is 0 Å². The van der Waals surface area contributed by atoms with Crippen molar-refractivity contribution in [1.82, 2.24) is 9.97 Å². The van der Waals surface area contributed by atoms with E-state index in [1.165, 1.54) is 12.1 Å². The van der Waals surface area contributed by atoms with E-state index >= 15 is 0 Å². The Kier molecular flexibility index (Phi) is 2.74. The SMILES string of the molecule is Cc1cc(-c2ccc(C(=O)O)cc2)nc(=O)[nH]1. The number of aromatic carboxylic acids is 1. The highest BCUT2D eigenvalue weighted by Crippen LogP contribution is 2.16. The zero-order chi connectivity index (χ0) is 12.4. The van der Waals surface area contributed by atoms with Crippen molar-refractivity contribution in [3.05, 3.63) is 52.1 Å². The minimum Gasteiger partial charge on any atom is -0.478 e. The van der Waals surface area contributed by atoms with Crippen LogP contribution in [-0.2, 0) is 0 Å². The number of hydrogen-bond acceptors (Lipinski definition) is 3. The van der Waals surface area contributed by atoms with E-state index in [0.29, 0.717) is 17.0 Å². The molecule has 1 heterocycles. The molecule has 0 bridgehead atoms. The number of aryl methyl sites for hydroxylation is 1. The van der Waals surface area contributed by atoms with Gasteiger partial charge in [0.25, 0.3) is 0 Å². The van der Waals surface area contributed by atoms with Crippen LogP contribution < -0.4 is 5.69 Å². The van der Waals surface area contributed by atoms with Gasteiger partial charge in [-0.05, 0) is 25.1 Å². The average Bonchev–Trinajstić information content (AvgIpc) is 2.28. The molecule has 0 aliphatic heterocycles. The van der Waals surface area contributed by atoms with Crippen molar-refractivity contribution in [2.24, 2.45) is 0 Å². The summed E-state index contributed by atoms with van der Waals surface area (Å²) in [7, 11) is 0. The van der Waals surface area contributed by atoms with Crippen LogP contribution in [0, 0.1) is 6.92 Å². The molecule has 5 heteroatoms. The Morgan fingerprint density at radius 3 is 2.47 bits per heavy atom. The molecule has 0 spiro atoms. The molecule has 0 saturated heterocycles. The van der Waals surface area contributed by atoms with Crippen LogP contribution in [0.3, 0.4) is 0 Å². The van der Waals surface area contributed by atoms with E-state index in [9.17, 15) is 9.59 Å². The summed E-state index contributed by atoms with van der Waals surface area (Å²) < 4.78 is 0. The molecule has 17 heavy (non-hydrogen) atoms. The van der Waals surface area contributed by atoms with E-state index in [2.05, 4.69) is 9.97 Å². The zero-order valence-corrected chi connectivity index (χ0v) is 9.10. The van der Waals surface area contributed by atoms with Crippen molar-refractivity contribution >= 4 is 5.97 Å². The molecule has 0 aliphatic rings. The molecule has 0 unspecified atom stereocenters. The molecule has 2 aromatic rings. The summed E-state index contributed by atoms with van der Waals surface area (Å²) in [4.78, 5) is 28.3. The number of aromatic amines is 1. The molecule has 86 valence electrons. The molecule has 0 aliphatic carbocycles. The Labute approximate surface area is 96.8 Å². The Bertz CT molecular complexity index is 614. The quantitative estimate of drug-likeness (QED) is 0.817. The number of rotatable bonds is 2. The number of hydrogen-bond donors (Lipinski definition) is 2. The van der Waals surface area contributed by atoms with Crippen LogP contribution in [0.25, 0.3) is 11.3 Å². The Morgan fingerprint density at radius 2 is 1.94 bits per heavy atom. The predicted molar refractivity (Wildman–Crippen MR) is 62.0 cm³/mol. The maximum atomic E-state index is 11.2. The molecule has 0 amide bonds. The van der Waals surface area contributed by atoms with Crippen molar-refractivity contribution < 1.29 is 9.90 Å². The van der Waals surface area contributed by atoms with Crippen LogP contribution in [-0.4, -0.2) is 21.0 Å². The molecular weight excluding hydrogens is 220 g/mol. The molecule has 0 atom stereocenters. The lowest BCUT2D eigenvalue weighted by Crippen LogP contribution is -2.11. The van der Waals surface area contributed by atoms with Gasteiger partial charge in [-0.1, -0.05) is 12.1 Å². The van der Waals surface area contributed by atoms with Crippen LogP contribution >= 0.6 is 0 Å². The van der Waals surface area contributed by atoms with Crippen molar-refractivity contribution in [3.63, 3.8) is 0 Å². The van der Waals surface area contributed by atoms with Gasteiger partial charge in [-0.15, -0.1) is 0 Å². The van der Waals surface area contributed by atoms with Gasteiger partial charge in [0.2, 0.25) is 0 Å². The first kappa shape index (κ1) is 11.1. The third-order valence-corrected chi connectivity index (χ3v) is 2.31. The van der Waals surface area contributed by atoms with Crippen LogP contribution in [0.2, 0.25) is 0 Å². The number of aromatic nitrogens is 2. The van der Waals surface area contributed by atoms with Crippen molar-refractivity contribution in [3.8, 4) is 11.3 Å². The van der Waals surface area contributed by atoms with E-state index in [1.807, 2.05) is 0 Å². The summed E-state index contributed by atoms with van der Waals surface area (Å²) in [6.45, 7) is 1.76. The normalized spacial score (nSPS) is 10.2. The van der Waals surface area contributed by atoms with Crippen LogP contribution in [0.1, 0.15) is 16.1 Å². The van der Waals surface area contributed by atoms with Crippen LogP contribution in [0.15, 0.2) is 35.1 Å². The van der Waals surface area contributed by atoms with Gasteiger partial charge < -0.3 is 10.1 Å². The van der Waals surface area contributed by atoms with E-state index in [4.69, 9.17) is 5.11 Å². The highest BCUT2D eigenvalue weighted by atomic mass is 16.4. The fraction of sp³-hybridized carbons (Fsp3) is 0.0833. The lowest BCUT2D eigenvalue weighted by Gasteiger charge is -2.01. The molecule has 5 nitrogen and oxygen atoms in total. The van der Waals surface area contributed by atoms with Gasteiger partial charge in [-0.3, -0.25) is 0 Å². The molecule has 0 fully saturated rings. The summed E-state index contributed by atoms with van der Waals surface area (Å²) in [5, 5.41) is 8.76. The minimum absolute atomic E-state index is 0.204.